The third-order valence-corrected chi connectivity index (χ3v) is 2.01. The van der Waals surface area contributed by atoms with Crippen molar-refractivity contribution in [3.8, 4) is 5.75 Å². The van der Waals surface area contributed by atoms with Crippen LogP contribution in [0.5, 0.6) is 5.75 Å². The van der Waals surface area contributed by atoms with Gasteiger partial charge in [-0.25, -0.2) is 0 Å². The minimum Gasteiger partial charge on any atom is -0.496 e. The topological polar surface area (TPSA) is 74.0 Å². The Kier molecular flexibility index (Phi) is 3.82. The molecule has 0 fully saturated rings. The van der Waals surface area contributed by atoms with Crippen molar-refractivity contribution in [2.24, 2.45) is 5.16 Å². The van der Waals surface area contributed by atoms with E-state index in [0.29, 0.717) is 17.0 Å². The van der Waals surface area contributed by atoms with E-state index in [2.05, 4.69) is 9.99 Å². The van der Waals surface area contributed by atoms with Gasteiger partial charge in [0.25, 0.3) is 5.69 Å². The molecule has 0 bridgehead atoms. The van der Waals surface area contributed by atoms with E-state index < -0.39 is 4.92 Å². The molecule has 0 atom stereocenters. The van der Waals surface area contributed by atoms with Gasteiger partial charge in [0.05, 0.1) is 17.7 Å². The molecule has 1 rings (SSSR count). The van der Waals surface area contributed by atoms with Crippen molar-refractivity contribution < 1.29 is 14.5 Å². The van der Waals surface area contributed by atoms with E-state index in [-0.39, 0.29) is 5.69 Å². The molecule has 1 aromatic carbocycles. The van der Waals surface area contributed by atoms with Gasteiger partial charge in [0.1, 0.15) is 18.4 Å². The number of nitro benzene ring substituents is 1. The normalized spacial score (nSPS) is 11.1. The van der Waals surface area contributed by atoms with E-state index >= 15 is 0 Å². The Bertz CT molecular complexity index is 429. The highest BCUT2D eigenvalue weighted by atomic mass is 16.6. The van der Waals surface area contributed by atoms with Crippen LogP contribution in [0.2, 0.25) is 0 Å². The first-order chi connectivity index (χ1) is 7.61. The molecule has 0 heterocycles. The molecule has 6 nitrogen and oxygen atoms in total. The van der Waals surface area contributed by atoms with E-state index in [0.717, 1.165) is 0 Å². The number of rotatable bonds is 4. The lowest BCUT2D eigenvalue weighted by Crippen LogP contribution is -2.04. The monoisotopic (exact) mass is 224 g/mol. The van der Waals surface area contributed by atoms with Crippen LogP contribution in [0.25, 0.3) is 0 Å². The second kappa shape index (κ2) is 5.11. The summed E-state index contributed by atoms with van der Waals surface area (Å²) >= 11 is 0. The molecule has 0 unspecified atom stereocenters. The van der Waals surface area contributed by atoms with E-state index in [1.54, 1.807) is 19.1 Å². The van der Waals surface area contributed by atoms with Crippen molar-refractivity contribution in [2.45, 2.75) is 6.92 Å². The molecule has 1 aromatic rings. The molecule has 0 N–H and O–H groups in total. The fraction of sp³-hybridized carbons (Fsp3) is 0.300. The minimum atomic E-state index is -0.480. The number of hydrogen-bond donors (Lipinski definition) is 0. The van der Waals surface area contributed by atoms with Gasteiger partial charge < -0.3 is 9.57 Å². The van der Waals surface area contributed by atoms with Crippen molar-refractivity contribution in [2.75, 3.05) is 14.2 Å². The smallest absolute Gasteiger partial charge is 0.282 e. The maximum absolute atomic E-state index is 10.9. The molecule has 0 aromatic heterocycles. The summed E-state index contributed by atoms with van der Waals surface area (Å²) in [6.07, 6.45) is 0. The van der Waals surface area contributed by atoms with Crippen LogP contribution in [0.15, 0.2) is 23.4 Å². The lowest BCUT2D eigenvalue weighted by atomic mass is 10.1. The molecule has 0 radical (unpaired) electrons. The number of nitro groups is 1. The summed E-state index contributed by atoms with van der Waals surface area (Å²) in [7, 11) is 2.83. The Morgan fingerprint density at radius 3 is 2.62 bits per heavy atom. The van der Waals surface area contributed by atoms with Gasteiger partial charge in [0, 0.05) is 6.07 Å². The molecule has 0 aliphatic carbocycles. The van der Waals surface area contributed by atoms with Crippen LogP contribution in [-0.4, -0.2) is 24.9 Å². The molecular weight excluding hydrogens is 212 g/mol. The molecular formula is C10H12N2O4. The van der Waals surface area contributed by atoms with Crippen LogP contribution < -0.4 is 4.74 Å². The van der Waals surface area contributed by atoms with Gasteiger partial charge in [0.2, 0.25) is 0 Å². The van der Waals surface area contributed by atoms with Crippen LogP contribution in [0.1, 0.15) is 12.5 Å². The lowest BCUT2D eigenvalue weighted by Gasteiger charge is -2.07. The summed E-state index contributed by atoms with van der Waals surface area (Å²) in [6, 6.07) is 4.59. The van der Waals surface area contributed by atoms with Crippen LogP contribution in [-0.2, 0) is 4.84 Å². The molecule has 0 amide bonds. The Balaban J connectivity index is 3.41. The molecule has 0 spiro atoms. The number of methoxy groups -OCH3 is 1. The van der Waals surface area contributed by atoms with Gasteiger partial charge in [-0.2, -0.15) is 0 Å². The summed E-state index contributed by atoms with van der Waals surface area (Å²) in [5, 5.41) is 14.5. The van der Waals surface area contributed by atoms with Crippen molar-refractivity contribution in [3.63, 3.8) is 0 Å². The third-order valence-electron chi connectivity index (χ3n) is 2.01. The van der Waals surface area contributed by atoms with Gasteiger partial charge in [-0.15, -0.1) is 0 Å². The average molecular weight is 224 g/mol. The first-order valence-electron chi connectivity index (χ1n) is 4.51. The van der Waals surface area contributed by atoms with E-state index in [4.69, 9.17) is 4.74 Å². The van der Waals surface area contributed by atoms with Gasteiger partial charge >= 0.3 is 0 Å². The molecule has 16 heavy (non-hydrogen) atoms. The molecule has 0 saturated heterocycles. The Hall–Kier alpha value is -2.11. The summed E-state index contributed by atoms with van der Waals surface area (Å²) in [4.78, 5) is 15.0. The summed E-state index contributed by atoms with van der Waals surface area (Å²) in [5.41, 5.74) is 0.668. The number of nitrogens with zero attached hydrogens (tertiary/aromatic N) is 2. The van der Waals surface area contributed by atoms with Crippen LogP contribution in [0.3, 0.4) is 0 Å². The standard InChI is InChI=1S/C10H12N2O4/c1-7(11-16-3)10-8(12(13)14)5-4-6-9(10)15-2/h4-6H,1-3H3/b11-7-. The summed E-state index contributed by atoms with van der Waals surface area (Å²) < 4.78 is 5.06. The Morgan fingerprint density at radius 1 is 1.44 bits per heavy atom. The molecule has 0 saturated carbocycles. The maximum Gasteiger partial charge on any atom is 0.282 e. The number of benzene rings is 1. The molecule has 86 valence electrons. The first-order valence-corrected chi connectivity index (χ1v) is 4.51. The lowest BCUT2D eigenvalue weighted by molar-refractivity contribution is -0.385. The molecule has 0 aliphatic heterocycles. The highest BCUT2D eigenvalue weighted by molar-refractivity contribution is 6.04. The van der Waals surface area contributed by atoms with Crippen LogP contribution >= 0.6 is 0 Å². The van der Waals surface area contributed by atoms with E-state index in [1.807, 2.05) is 0 Å². The molecule has 6 heteroatoms. The third kappa shape index (κ3) is 2.28. The highest BCUT2D eigenvalue weighted by Gasteiger charge is 2.20. The van der Waals surface area contributed by atoms with Gasteiger partial charge in [-0.3, -0.25) is 10.1 Å². The van der Waals surface area contributed by atoms with Gasteiger partial charge in [-0.05, 0) is 13.0 Å². The predicted octanol–water partition coefficient (Wildman–Crippen LogP) is 1.97. The minimum absolute atomic E-state index is 0.0577. The zero-order chi connectivity index (χ0) is 12.1. The first kappa shape index (κ1) is 12.0. The van der Waals surface area contributed by atoms with E-state index in [9.17, 15) is 10.1 Å². The zero-order valence-electron chi connectivity index (χ0n) is 9.26. The average Bonchev–Trinajstić information content (AvgIpc) is 2.28. The number of ether oxygens (including phenoxy) is 1. The van der Waals surface area contributed by atoms with Crippen molar-refractivity contribution in [1.82, 2.24) is 0 Å². The van der Waals surface area contributed by atoms with Crippen molar-refractivity contribution in [1.29, 1.82) is 0 Å². The van der Waals surface area contributed by atoms with Crippen LogP contribution in [0, 0.1) is 10.1 Å². The summed E-state index contributed by atoms with van der Waals surface area (Å²) in [5.74, 6) is 0.396. The second-order valence-electron chi connectivity index (χ2n) is 2.97. The zero-order valence-corrected chi connectivity index (χ0v) is 9.26. The SMILES string of the molecule is CO/N=C(/C)c1c(OC)cccc1[N+](=O)[O-]. The number of oxime groups is 1. The Morgan fingerprint density at radius 2 is 2.12 bits per heavy atom. The fourth-order valence-corrected chi connectivity index (χ4v) is 1.39. The van der Waals surface area contributed by atoms with Crippen LogP contribution in [0.4, 0.5) is 5.69 Å². The Labute approximate surface area is 92.6 Å². The van der Waals surface area contributed by atoms with Crippen molar-refractivity contribution in [3.05, 3.63) is 33.9 Å². The van der Waals surface area contributed by atoms with E-state index in [1.165, 1.54) is 20.3 Å². The quantitative estimate of drug-likeness (QED) is 0.445. The maximum atomic E-state index is 10.9. The van der Waals surface area contributed by atoms with Gasteiger partial charge in [-0.1, -0.05) is 11.2 Å². The fourth-order valence-electron chi connectivity index (χ4n) is 1.39. The molecule has 0 aliphatic rings. The summed E-state index contributed by atoms with van der Waals surface area (Å²) in [6.45, 7) is 1.62. The largest absolute Gasteiger partial charge is 0.496 e. The van der Waals surface area contributed by atoms with Gasteiger partial charge in [0.15, 0.2) is 0 Å². The predicted molar refractivity (Wildman–Crippen MR) is 58.9 cm³/mol. The highest BCUT2D eigenvalue weighted by Crippen LogP contribution is 2.28. The number of hydrogen-bond acceptors (Lipinski definition) is 5. The second-order valence-corrected chi connectivity index (χ2v) is 2.97. The van der Waals surface area contributed by atoms with Crippen molar-refractivity contribution >= 4 is 11.4 Å².